The largest absolute Gasteiger partial charge is 0.383 e. The first-order valence-corrected chi connectivity index (χ1v) is 6.58. The molecule has 5 nitrogen and oxygen atoms in total. The van der Waals surface area contributed by atoms with Gasteiger partial charge in [-0.3, -0.25) is 0 Å². The Morgan fingerprint density at radius 3 is 2.47 bits per heavy atom. The van der Waals surface area contributed by atoms with Crippen molar-refractivity contribution in [1.82, 2.24) is 10.6 Å². The van der Waals surface area contributed by atoms with E-state index >= 15 is 0 Å². The third kappa shape index (κ3) is 7.22. The number of ether oxygens (including phenoxy) is 1. The van der Waals surface area contributed by atoms with Gasteiger partial charge >= 0.3 is 6.03 Å². The number of carbonyl (C=O) groups is 1. The highest BCUT2D eigenvalue weighted by Crippen LogP contribution is 2.22. The van der Waals surface area contributed by atoms with Crippen LogP contribution in [0.1, 0.15) is 0 Å². The summed E-state index contributed by atoms with van der Waals surface area (Å²) in [6.07, 6.45) is 0. The Kier molecular flexibility index (Phi) is 7.59. The second-order valence-electron chi connectivity index (χ2n) is 3.78. The van der Waals surface area contributed by atoms with Gasteiger partial charge in [0.25, 0.3) is 0 Å². The lowest BCUT2D eigenvalue weighted by molar-refractivity contribution is 0.199. The topological polar surface area (TPSA) is 62.4 Å². The van der Waals surface area contributed by atoms with Crippen LogP contribution in [0.2, 0.25) is 10.0 Å². The number of nitrogens with one attached hydrogen (secondary N) is 3. The van der Waals surface area contributed by atoms with E-state index in [0.717, 1.165) is 6.54 Å². The van der Waals surface area contributed by atoms with Gasteiger partial charge in [0, 0.05) is 42.5 Å². The molecule has 0 aliphatic rings. The smallest absolute Gasteiger partial charge is 0.319 e. The number of amides is 2. The molecule has 7 heteroatoms. The fourth-order valence-electron chi connectivity index (χ4n) is 1.36. The predicted molar refractivity (Wildman–Crippen MR) is 78.2 cm³/mol. The summed E-state index contributed by atoms with van der Waals surface area (Å²) in [7, 11) is 1.64. The van der Waals surface area contributed by atoms with Gasteiger partial charge in [0.05, 0.1) is 6.61 Å². The molecule has 19 heavy (non-hydrogen) atoms. The molecule has 0 saturated carbocycles. The summed E-state index contributed by atoms with van der Waals surface area (Å²) in [5.41, 5.74) is 0.558. The van der Waals surface area contributed by atoms with Crippen LogP contribution in [-0.2, 0) is 4.74 Å². The summed E-state index contributed by atoms with van der Waals surface area (Å²) in [4.78, 5) is 11.6. The molecule has 0 atom stereocenters. The highest BCUT2D eigenvalue weighted by atomic mass is 35.5. The molecule has 2 amide bonds. The van der Waals surface area contributed by atoms with Gasteiger partial charge in [0.1, 0.15) is 0 Å². The first-order chi connectivity index (χ1) is 9.11. The number of benzene rings is 1. The zero-order valence-electron chi connectivity index (χ0n) is 10.6. The molecule has 1 aromatic rings. The van der Waals surface area contributed by atoms with Crippen LogP contribution < -0.4 is 16.0 Å². The fraction of sp³-hybridized carbons (Fsp3) is 0.417. The summed E-state index contributed by atoms with van der Waals surface area (Å²) in [5.74, 6) is 0. The Morgan fingerprint density at radius 2 is 1.84 bits per heavy atom. The lowest BCUT2D eigenvalue weighted by Gasteiger charge is -2.09. The lowest BCUT2D eigenvalue weighted by Crippen LogP contribution is -2.35. The molecule has 0 aliphatic heterocycles. The van der Waals surface area contributed by atoms with E-state index in [1.807, 2.05) is 0 Å². The first kappa shape index (κ1) is 16.0. The molecule has 0 spiro atoms. The molecule has 0 radical (unpaired) electrons. The van der Waals surface area contributed by atoms with Gasteiger partial charge in [-0.2, -0.15) is 0 Å². The van der Waals surface area contributed by atoms with Crippen molar-refractivity contribution in [3.05, 3.63) is 28.2 Å². The second kappa shape index (κ2) is 8.98. The molecule has 0 aromatic heterocycles. The summed E-state index contributed by atoms with van der Waals surface area (Å²) in [6.45, 7) is 2.59. The molecule has 0 unspecified atom stereocenters. The van der Waals surface area contributed by atoms with Crippen molar-refractivity contribution in [3.8, 4) is 0 Å². The van der Waals surface area contributed by atoms with Crippen LogP contribution in [0.3, 0.4) is 0 Å². The summed E-state index contributed by atoms with van der Waals surface area (Å²) >= 11 is 11.7. The van der Waals surface area contributed by atoms with Crippen LogP contribution in [0.25, 0.3) is 0 Å². The van der Waals surface area contributed by atoms with Gasteiger partial charge in [0.15, 0.2) is 0 Å². The monoisotopic (exact) mass is 305 g/mol. The number of urea groups is 1. The molecular formula is C12H17Cl2N3O2. The molecule has 3 N–H and O–H groups in total. The van der Waals surface area contributed by atoms with Gasteiger partial charge in [-0.25, -0.2) is 4.79 Å². The Balaban J connectivity index is 2.23. The minimum Gasteiger partial charge on any atom is -0.383 e. The van der Waals surface area contributed by atoms with Gasteiger partial charge in [-0.1, -0.05) is 23.2 Å². The molecule has 106 valence electrons. The van der Waals surface area contributed by atoms with Crippen LogP contribution in [0.5, 0.6) is 0 Å². The van der Waals surface area contributed by atoms with E-state index < -0.39 is 0 Å². The maximum absolute atomic E-state index is 11.6. The second-order valence-corrected chi connectivity index (χ2v) is 4.65. The van der Waals surface area contributed by atoms with E-state index in [9.17, 15) is 4.79 Å². The number of anilines is 1. The fourth-order valence-corrected chi connectivity index (χ4v) is 1.89. The number of carbonyl (C=O) groups excluding carboxylic acids is 1. The van der Waals surface area contributed by atoms with E-state index in [4.69, 9.17) is 27.9 Å². The molecule has 0 heterocycles. The Hall–Kier alpha value is -1.01. The van der Waals surface area contributed by atoms with E-state index in [0.29, 0.717) is 35.4 Å². The zero-order valence-corrected chi connectivity index (χ0v) is 12.1. The van der Waals surface area contributed by atoms with Gasteiger partial charge in [-0.05, 0) is 18.2 Å². The normalized spacial score (nSPS) is 10.3. The molecule has 1 aromatic carbocycles. The molecule has 0 saturated heterocycles. The predicted octanol–water partition coefficient (Wildman–Crippen LogP) is 2.35. The van der Waals surface area contributed by atoms with Crippen molar-refractivity contribution < 1.29 is 9.53 Å². The first-order valence-electron chi connectivity index (χ1n) is 5.82. The number of rotatable bonds is 7. The third-order valence-corrected chi connectivity index (χ3v) is 2.63. The van der Waals surface area contributed by atoms with Crippen LogP contribution in [0.4, 0.5) is 10.5 Å². The van der Waals surface area contributed by atoms with E-state index in [2.05, 4.69) is 16.0 Å². The number of halogens is 2. The van der Waals surface area contributed by atoms with Crippen molar-refractivity contribution in [1.29, 1.82) is 0 Å². The minimum absolute atomic E-state index is 0.299. The van der Waals surface area contributed by atoms with E-state index in [-0.39, 0.29) is 6.03 Å². The van der Waals surface area contributed by atoms with Crippen LogP contribution >= 0.6 is 23.2 Å². The Bertz CT molecular complexity index is 396. The minimum atomic E-state index is -0.299. The van der Waals surface area contributed by atoms with E-state index in [1.54, 1.807) is 25.3 Å². The molecule has 0 bridgehead atoms. The molecule has 0 fully saturated rings. The lowest BCUT2D eigenvalue weighted by atomic mass is 10.3. The average Bonchev–Trinajstić information content (AvgIpc) is 2.32. The molecule has 0 aliphatic carbocycles. The van der Waals surface area contributed by atoms with Gasteiger partial charge < -0.3 is 20.7 Å². The van der Waals surface area contributed by atoms with Crippen molar-refractivity contribution in [2.75, 3.05) is 38.7 Å². The standard InChI is InChI=1S/C12H17Cl2N3O2/c1-19-5-4-15-2-3-16-12(18)17-11-7-9(13)6-10(14)8-11/h6-8,15H,2-5H2,1H3,(H2,16,17,18). The number of hydrogen-bond acceptors (Lipinski definition) is 3. The van der Waals surface area contributed by atoms with Crippen LogP contribution in [0, 0.1) is 0 Å². The van der Waals surface area contributed by atoms with Crippen LogP contribution in [0.15, 0.2) is 18.2 Å². The Labute approximate surface area is 122 Å². The summed E-state index contributed by atoms with van der Waals surface area (Å²) in [6, 6.07) is 4.56. The zero-order chi connectivity index (χ0) is 14.1. The average molecular weight is 306 g/mol. The van der Waals surface area contributed by atoms with Crippen molar-refractivity contribution >= 4 is 34.9 Å². The van der Waals surface area contributed by atoms with Crippen molar-refractivity contribution in [3.63, 3.8) is 0 Å². The number of hydrogen-bond donors (Lipinski definition) is 3. The highest BCUT2D eigenvalue weighted by Gasteiger charge is 2.03. The van der Waals surface area contributed by atoms with Crippen molar-refractivity contribution in [2.45, 2.75) is 0 Å². The maximum atomic E-state index is 11.6. The summed E-state index contributed by atoms with van der Waals surface area (Å²) < 4.78 is 4.88. The molecular weight excluding hydrogens is 289 g/mol. The Morgan fingerprint density at radius 1 is 1.16 bits per heavy atom. The third-order valence-electron chi connectivity index (χ3n) is 2.19. The number of methoxy groups -OCH3 is 1. The van der Waals surface area contributed by atoms with Crippen LogP contribution in [-0.4, -0.2) is 39.4 Å². The quantitative estimate of drug-likeness (QED) is 0.678. The van der Waals surface area contributed by atoms with Gasteiger partial charge in [-0.15, -0.1) is 0 Å². The van der Waals surface area contributed by atoms with Gasteiger partial charge in [0.2, 0.25) is 0 Å². The molecule has 1 rings (SSSR count). The maximum Gasteiger partial charge on any atom is 0.319 e. The summed E-state index contributed by atoms with van der Waals surface area (Å²) in [5, 5.41) is 9.43. The van der Waals surface area contributed by atoms with E-state index in [1.165, 1.54) is 0 Å². The SMILES string of the molecule is COCCNCCNC(=O)Nc1cc(Cl)cc(Cl)c1. The highest BCUT2D eigenvalue weighted by molar-refractivity contribution is 6.35. The van der Waals surface area contributed by atoms with Crippen molar-refractivity contribution in [2.24, 2.45) is 0 Å².